The summed E-state index contributed by atoms with van der Waals surface area (Å²) in [6.07, 6.45) is 6.59. The number of carboxylic acids is 1. The van der Waals surface area contributed by atoms with Gasteiger partial charge in [0, 0.05) is 26.0 Å². The third kappa shape index (κ3) is 3.32. The lowest BCUT2D eigenvalue weighted by Gasteiger charge is -2.43. The van der Waals surface area contributed by atoms with Gasteiger partial charge in [-0.1, -0.05) is 0 Å². The number of methoxy groups -OCH3 is 1. The van der Waals surface area contributed by atoms with E-state index in [-0.39, 0.29) is 30.3 Å². The van der Waals surface area contributed by atoms with Crippen LogP contribution in [0.3, 0.4) is 0 Å². The maximum Gasteiger partial charge on any atom is 0.329 e. The quantitative estimate of drug-likeness (QED) is 0.842. The Bertz CT molecular complexity index is 588. The number of nitrogens with zero attached hydrogens (tertiary/aromatic N) is 2. The van der Waals surface area contributed by atoms with Gasteiger partial charge in [-0.2, -0.15) is 0 Å². The predicted octanol–water partition coefficient (Wildman–Crippen LogP) is 1.13. The fourth-order valence-electron chi connectivity index (χ4n) is 4.02. The summed E-state index contributed by atoms with van der Waals surface area (Å²) < 4.78 is 13.2. The molecule has 1 aliphatic heterocycles. The molecule has 3 rings (SSSR count). The number of carboxylic acid groups (broad SMARTS) is 1. The fourth-order valence-corrected chi connectivity index (χ4v) is 4.02. The van der Waals surface area contributed by atoms with Gasteiger partial charge < -0.3 is 24.0 Å². The molecule has 1 amide bonds. The van der Waals surface area contributed by atoms with Crippen LogP contribution in [0.15, 0.2) is 24.5 Å². The van der Waals surface area contributed by atoms with Crippen molar-refractivity contribution in [3.8, 4) is 0 Å². The first-order valence-electron chi connectivity index (χ1n) is 8.33. The van der Waals surface area contributed by atoms with Crippen LogP contribution in [0, 0.1) is 0 Å². The number of aromatic nitrogens is 1. The molecule has 7 heteroatoms. The Labute approximate surface area is 141 Å². The Morgan fingerprint density at radius 1 is 1.29 bits per heavy atom. The van der Waals surface area contributed by atoms with Crippen LogP contribution in [0.25, 0.3) is 0 Å². The van der Waals surface area contributed by atoms with Crippen molar-refractivity contribution < 1.29 is 24.2 Å². The van der Waals surface area contributed by atoms with Crippen LogP contribution in [0.2, 0.25) is 0 Å². The largest absolute Gasteiger partial charge is 0.480 e. The molecule has 1 N–H and O–H groups in total. The minimum atomic E-state index is -0.967. The van der Waals surface area contributed by atoms with Crippen molar-refractivity contribution in [1.82, 2.24) is 9.47 Å². The highest BCUT2D eigenvalue weighted by atomic mass is 16.5. The smallest absolute Gasteiger partial charge is 0.329 e. The molecule has 1 saturated heterocycles. The second-order valence-corrected chi connectivity index (χ2v) is 6.58. The number of ether oxygens (including phenoxy) is 2. The first-order chi connectivity index (χ1) is 11.5. The van der Waals surface area contributed by atoms with E-state index in [2.05, 4.69) is 0 Å². The van der Waals surface area contributed by atoms with E-state index in [0.29, 0.717) is 19.5 Å². The molecule has 24 heavy (non-hydrogen) atoms. The molecule has 132 valence electrons. The second-order valence-electron chi connectivity index (χ2n) is 6.58. The van der Waals surface area contributed by atoms with Crippen LogP contribution >= 0.6 is 0 Å². The van der Waals surface area contributed by atoms with Crippen molar-refractivity contribution >= 4 is 11.9 Å². The summed E-state index contributed by atoms with van der Waals surface area (Å²) in [5.74, 6) is -0.903. The zero-order valence-corrected chi connectivity index (χ0v) is 13.9. The standard InChI is InChI=1S/C17H24N2O5/c1-23-17-5-4-13(24-12-16(21)22)10-14(17)19(9-6-17)15(20)11-18-7-2-3-8-18/h2-3,7-8,13-14H,4-6,9-12H2,1H3,(H,21,22)/t13-,14-,17+/m0/s1. The highest BCUT2D eigenvalue weighted by Crippen LogP contribution is 2.43. The molecule has 1 aromatic heterocycles. The molecule has 1 aliphatic carbocycles. The second kappa shape index (κ2) is 6.94. The number of hydrogen-bond donors (Lipinski definition) is 1. The first kappa shape index (κ1) is 17.0. The van der Waals surface area contributed by atoms with E-state index in [1.165, 1.54) is 0 Å². The molecule has 0 bridgehead atoms. The highest BCUT2D eigenvalue weighted by molar-refractivity contribution is 5.77. The van der Waals surface area contributed by atoms with Crippen LogP contribution < -0.4 is 0 Å². The van der Waals surface area contributed by atoms with E-state index in [4.69, 9.17) is 14.6 Å². The lowest BCUT2D eigenvalue weighted by atomic mass is 9.79. The molecule has 0 spiro atoms. The van der Waals surface area contributed by atoms with Crippen molar-refractivity contribution in [3.05, 3.63) is 24.5 Å². The molecule has 2 aliphatic rings. The number of hydrogen-bond acceptors (Lipinski definition) is 4. The zero-order chi connectivity index (χ0) is 17.2. The SMILES string of the molecule is CO[C@@]12CC[C@H](OCC(=O)O)C[C@@H]1N(C(=O)Cn1cccc1)CC2. The number of carbonyl (C=O) groups is 2. The van der Waals surface area contributed by atoms with Crippen LogP contribution in [0.4, 0.5) is 0 Å². The van der Waals surface area contributed by atoms with Crippen LogP contribution in [0.1, 0.15) is 25.7 Å². The van der Waals surface area contributed by atoms with E-state index >= 15 is 0 Å². The lowest BCUT2D eigenvalue weighted by molar-refractivity contribution is -0.152. The Morgan fingerprint density at radius 2 is 2.04 bits per heavy atom. The number of rotatable bonds is 6. The summed E-state index contributed by atoms with van der Waals surface area (Å²) in [5.41, 5.74) is -0.324. The Hall–Kier alpha value is -1.86. The van der Waals surface area contributed by atoms with E-state index in [9.17, 15) is 9.59 Å². The van der Waals surface area contributed by atoms with E-state index < -0.39 is 5.97 Å². The molecule has 3 atom stereocenters. The van der Waals surface area contributed by atoms with Crippen LogP contribution in [0.5, 0.6) is 0 Å². The van der Waals surface area contributed by atoms with Gasteiger partial charge in [0.15, 0.2) is 0 Å². The van der Waals surface area contributed by atoms with E-state index in [1.54, 1.807) is 7.11 Å². The monoisotopic (exact) mass is 336 g/mol. The van der Waals surface area contributed by atoms with Crippen molar-refractivity contribution in [2.75, 3.05) is 20.3 Å². The summed E-state index contributed by atoms with van der Waals surface area (Å²) in [6.45, 7) is 0.683. The van der Waals surface area contributed by atoms with Crippen molar-refractivity contribution in [1.29, 1.82) is 0 Å². The van der Waals surface area contributed by atoms with Crippen molar-refractivity contribution in [3.63, 3.8) is 0 Å². The summed E-state index contributed by atoms with van der Waals surface area (Å²) >= 11 is 0. The number of likely N-dealkylation sites (tertiary alicyclic amines) is 1. The molecule has 0 unspecified atom stereocenters. The van der Waals surface area contributed by atoms with E-state index in [1.807, 2.05) is 34.0 Å². The Morgan fingerprint density at radius 3 is 2.71 bits per heavy atom. The molecule has 0 aromatic carbocycles. The summed E-state index contributed by atoms with van der Waals surface area (Å²) in [7, 11) is 1.70. The molecular formula is C17H24N2O5. The van der Waals surface area contributed by atoms with Gasteiger partial charge >= 0.3 is 5.97 Å². The lowest BCUT2D eigenvalue weighted by Crippen LogP contribution is -2.53. The normalized spacial score (nSPS) is 29.5. The molecule has 2 heterocycles. The number of fused-ring (bicyclic) bond motifs is 1. The van der Waals surface area contributed by atoms with Gasteiger partial charge in [0.05, 0.1) is 17.7 Å². The van der Waals surface area contributed by atoms with Crippen LogP contribution in [-0.2, 0) is 25.6 Å². The Kier molecular flexibility index (Phi) is 4.91. The maximum absolute atomic E-state index is 12.7. The number of aliphatic carboxylic acids is 1. The third-order valence-corrected chi connectivity index (χ3v) is 5.29. The van der Waals surface area contributed by atoms with Gasteiger partial charge in [0.25, 0.3) is 0 Å². The fraction of sp³-hybridized carbons (Fsp3) is 0.647. The summed E-state index contributed by atoms with van der Waals surface area (Å²) in [6, 6.07) is 3.73. The molecule has 0 radical (unpaired) electrons. The number of carbonyl (C=O) groups excluding carboxylic acids is 1. The van der Waals surface area contributed by atoms with Gasteiger partial charge in [-0.25, -0.2) is 4.79 Å². The maximum atomic E-state index is 12.7. The van der Waals surface area contributed by atoms with Gasteiger partial charge in [0.2, 0.25) is 5.91 Å². The van der Waals surface area contributed by atoms with Crippen LogP contribution in [-0.4, -0.2) is 64.5 Å². The van der Waals surface area contributed by atoms with Gasteiger partial charge in [-0.05, 0) is 37.8 Å². The minimum Gasteiger partial charge on any atom is -0.480 e. The highest BCUT2D eigenvalue weighted by Gasteiger charge is 2.52. The molecule has 7 nitrogen and oxygen atoms in total. The van der Waals surface area contributed by atoms with Crippen molar-refractivity contribution in [2.24, 2.45) is 0 Å². The third-order valence-electron chi connectivity index (χ3n) is 5.29. The number of amides is 1. The first-order valence-corrected chi connectivity index (χ1v) is 8.33. The summed E-state index contributed by atoms with van der Waals surface area (Å²) in [4.78, 5) is 25.3. The topological polar surface area (TPSA) is 81.0 Å². The van der Waals surface area contributed by atoms with Gasteiger partial charge in [-0.15, -0.1) is 0 Å². The van der Waals surface area contributed by atoms with Gasteiger partial charge in [-0.3, -0.25) is 4.79 Å². The average molecular weight is 336 g/mol. The van der Waals surface area contributed by atoms with Crippen molar-refractivity contribution in [2.45, 2.75) is 50.0 Å². The zero-order valence-electron chi connectivity index (χ0n) is 13.9. The molecule has 1 saturated carbocycles. The molecule has 1 aromatic rings. The molecule has 2 fully saturated rings. The average Bonchev–Trinajstić information content (AvgIpc) is 3.20. The van der Waals surface area contributed by atoms with E-state index in [0.717, 1.165) is 19.3 Å². The van der Waals surface area contributed by atoms with Gasteiger partial charge in [0.1, 0.15) is 13.2 Å². The predicted molar refractivity (Wildman–Crippen MR) is 85.5 cm³/mol. The minimum absolute atomic E-state index is 0.0573. The molecular weight excluding hydrogens is 312 g/mol. The summed E-state index contributed by atoms with van der Waals surface area (Å²) in [5, 5.41) is 8.80. The Balaban J connectivity index is 1.69.